The molecule has 1 saturated carbocycles. The minimum atomic E-state index is -0.183. The fourth-order valence-corrected chi connectivity index (χ4v) is 4.56. The molecule has 25 heavy (non-hydrogen) atoms. The van der Waals surface area contributed by atoms with Crippen molar-refractivity contribution in [3.05, 3.63) is 29.8 Å². The van der Waals surface area contributed by atoms with Gasteiger partial charge in [-0.25, -0.2) is 0 Å². The van der Waals surface area contributed by atoms with Crippen LogP contribution < -0.4 is 15.4 Å². The van der Waals surface area contributed by atoms with Gasteiger partial charge in [-0.05, 0) is 68.3 Å². The summed E-state index contributed by atoms with van der Waals surface area (Å²) in [4.78, 5) is 12.8. The van der Waals surface area contributed by atoms with Gasteiger partial charge in [0, 0.05) is 6.42 Å². The van der Waals surface area contributed by atoms with E-state index >= 15 is 0 Å². The number of nitrogens with one attached hydrogen (secondary N) is 2. The maximum atomic E-state index is 12.8. The average molecular weight is 344 g/mol. The molecule has 1 heterocycles. The zero-order valence-electron chi connectivity index (χ0n) is 15.6. The number of hydrogen-bond acceptors (Lipinski definition) is 3. The summed E-state index contributed by atoms with van der Waals surface area (Å²) in [5.41, 5.74) is 1.03. The van der Waals surface area contributed by atoms with Crippen molar-refractivity contribution in [3.63, 3.8) is 0 Å². The van der Waals surface area contributed by atoms with Crippen molar-refractivity contribution >= 4 is 5.91 Å². The molecule has 0 spiro atoms. The Bertz CT molecular complexity index is 558. The molecule has 1 aliphatic heterocycles. The van der Waals surface area contributed by atoms with Crippen LogP contribution in [0.5, 0.6) is 5.75 Å². The standard InChI is InChI=1S/C21H32N2O2/c1-16(17-9-13-22-14-10-17)15-20(24)23-21(11-3-4-12-21)18-5-7-19(25-2)8-6-18/h5-8,16-17,22H,3-4,9-15H2,1-2H3,(H,23,24). The topological polar surface area (TPSA) is 50.4 Å². The first-order valence-electron chi connectivity index (χ1n) is 9.79. The zero-order valence-corrected chi connectivity index (χ0v) is 15.6. The van der Waals surface area contributed by atoms with Gasteiger partial charge in [0.05, 0.1) is 12.6 Å². The molecule has 1 unspecified atom stereocenters. The predicted molar refractivity (Wildman–Crippen MR) is 101 cm³/mol. The van der Waals surface area contributed by atoms with Gasteiger partial charge < -0.3 is 15.4 Å². The highest BCUT2D eigenvalue weighted by Crippen LogP contribution is 2.39. The maximum Gasteiger partial charge on any atom is 0.220 e. The Labute approximate surface area is 151 Å². The normalized spacial score (nSPS) is 21.7. The smallest absolute Gasteiger partial charge is 0.220 e. The summed E-state index contributed by atoms with van der Waals surface area (Å²) in [6, 6.07) is 8.22. The van der Waals surface area contributed by atoms with Crippen LogP contribution >= 0.6 is 0 Å². The van der Waals surface area contributed by atoms with E-state index in [2.05, 4.69) is 29.7 Å². The van der Waals surface area contributed by atoms with Crippen molar-refractivity contribution in [2.45, 2.75) is 57.4 Å². The van der Waals surface area contributed by atoms with Gasteiger partial charge in [-0.1, -0.05) is 31.9 Å². The van der Waals surface area contributed by atoms with Gasteiger partial charge in [-0.3, -0.25) is 4.79 Å². The number of methoxy groups -OCH3 is 1. The summed E-state index contributed by atoms with van der Waals surface area (Å²) in [7, 11) is 1.68. The lowest BCUT2D eigenvalue weighted by Crippen LogP contribution is -2.44. The van der Waals surface area contributed by atoms with Crippen LogP contribution in [0, 0.1) is 11.8 Å². The lowest BCUT2D eigenvalue weighted by molar-refractivity contribution is -0.124. The molecule has 1 aromatic rings. The summed E-state index contributed by atoms with van der Waals surface area (Å²) < 4.78 is 5.27. The second kappa shape index (κ2) is 8.22. The third kappa shape index (κ3) is 4.35. The van der Waals surface area contributed by atoms with Crippen molar-refractivity contribution in [1.29, 1.82) is 0 Å². The van der Waals surface area contributed by atoms with Crippen LogP contribution in [0.1, 0.15) is 57.4 Å². The Hall–Kier alpha value is -1.55. The lowest BCUT2D eigenvalue weighted by Gasteiger charge is -2.33. The van der Waals surface area contributed by atoms with Crippen LogP contribution in [0.3, 0.4) is 0 Å². The summed E-state index contributed by atoms with van der Waals surface area (Å²) >= 11 is 0. The Morgan fingerprint density at radius 3 is 2.48 bits per heavy atom. The average Bonchev–Trinajstić information content (AvgIpc) is 3.12. The quantitative estimate of drug-likeness (QED) is 0.829. The molecule has 2 aliphatic rings. The first kappa shape index (κ1) is 18.2. The van der Waals surface area contributed by atoms with Crippen LogP contribution in [-0.4, -0.2) is 26.1 Å². The molecular formula is C21H32N2O2. The second-order valence-electron chi connectivity index (χ2n) is 7.83. The molecule has 0 aromatic heterocycles. The molecule has 0 radical (unpaired) electrons. The van der Waals surface area contributed by atoms with Crippen LogP contribution in [0.25, 0.3) is 0 Å². The molecule has 4 heteroatoms. The molecule has 3 rings (SSSR count). The Morgan fingerprint density at radius 2 is 1.88 bits per heavy atom. The molecule has 4 nitrogen and oxygen atoms in total. The number of ether oxygens (including phenoxy) is 1. The highest BCUT2D eigenvalue weighted by atomic mass is 16.5. The molecule has 1 amide bonds. The molecule has 1 atom stereocenters. The van der Waals surface area contributed by atoms with E-state index in [1.165, 1.54) is 31.2 Å². The predicted octanol–water partition coefficient (Wildman–Crippen LogP) is 3.61. The van der Waals surface area contributed by atoms with E-state index in [0.29, 0.717) is 18.3 Å². The van der Waals surface area contributed by atoms with Crippen LogP contribution in [0.15, 0.2) is 24.3 Å². The molecule has 1 saturated heterocycles. The van der Waals surface area contributed by atoms with Gasteiger partial charge >= 0.3 is 0 Å². The Morgan fingerprint density at radius 1 is 1.24 bits per heavy atom. The van der Waals surface area contributed by atoms with Crippen molar-refractivity contribution < 1.29 is 9.53 Å². The van der Waals surface area contributed by atoms with E-state index in [4.69, 9.17) is 4.74 Å². The Kier molecular flexibility index (Phi) is 6.00. The first-order chi connectivity index (χ1) is 12.1. The van der Waals surface area contributed by atoms with E-state index in [1.54, 1.807) is 7.11 Å². The summed E-state index contributed by atoms with van der Waals surface area (Å²) in [5.74, 6) is 2.20. The number of amides is 1. The van der Waals surface area contributed by atoms with Crippen LogP contribution in [0.4, 0.5) is 0 Å². The highest BCUT2D eigenvalue weighted by molar-refractivity contribution is 5.77. The number of carbonyl (C=O) groups excluding carboxylic acids is 1. The summed E-state index contributed by atoms with van der Waals surface area (Å²) in [5, 5.41) is 6.83. The SMILES string of the molecule is COc1ccc(C2(NC(=O)CC(C)C3CCNCC3)CCCC2)cc1. The molecule has 1 aliphatic carbocycles. The largest absolute Gasteiger partial charge is 0.497 e. The van der Waals surface area contributed by atoms with Gasteiger partial charge in [0.2, 0.25) is 5.91 Å². The third-order valence-corrected chi connectivity index (χ3v) is 6.17. The monoisotopic (exact) mass is 344 g/mol. The highest BCUT2D eigenvalue weighted by Gasteiger charge is 2.37. The third-order valence-electron chi connectivity index (χ3n) is 6.17. The maximum absolute atomic E-state index is 12.8. The molecule has 1 aromatic carbocycles. The van der Waals surface area contributed by atoms with E-state index in [0.717, 1.165) is 31.7 Å². The molecule has 138 valence electrons. The fraction of sp³-hybridized carbons (Fsp3) is 0.667. The van der Waals surface area contributed by atoms with Gasteiger partial charge in [-0.15, -0.1) is 0 Å². The molecular weight excluding hydrogens is 312 g/mol. The van der Waals surface area contributed by atoms with Gasteiger partial charge in [0.25, 0.3) is 0 Å². The van der Waals surface area contributed by atoms with Crippen molar-refractivity contribution in [1.82, 2.24) is 10.6 Å². The molecule has 0 bridgehead atoms. The van der Waals surface area contributed by atoms with E-state index in [1.807, 2.05) is 12.1 Å². The number of rotatable bonds is 6. The number of benzene rings is 1. The number of hydrogen-bond donors (Lipinski definition) is 2. The van der Waals surface area contributed by atoms with Gasteiger partial charge in [0.1, 0.15) is 5.75 Å². The molecule has 2 N–H and O–H groups in total. The van der Waals surface area contributed by atoms with Crippen LogP contribution in [-0.2, 0) is 10.3 Å². The zero-order chi connectivity index (χ0) is 17.7. The second-order valence-corrected chi connectivity index (χ2v) is 7.83. The van der Waals surface area contributed by atoms with Crippen LogP contribution in [0.2, 0.25) is 0 Å². The van der Waals surface area contributed by atoms with E-state index < -0.39 is 0 Å². The minimum Gasteiger partial charge on any atom is -0.497 e. The summed E-state index contributed by atoms with van der Waals surface area (Å²) in [6.45, 7) is 4.42. The van der Waals surface area contributed by atoms with Gasteiger partial charge in [0.15, 0.2) is 0 Å². The summed E-state index contributed by atoms with van der Waals surface area (Å²) in [6.07, 6.45) is 7.45. The van der Waals surface area contributed by atoms with Crippen molar-refractivity contribution in [3.8, 4) is 5.75 Å². The van der Waals surface area contributed by atoms with Gasteiger partial charge in [-0.2, -0.15) is 0 Å². The fourth-order valence-electron chi connectivity index (χ4n) is 4.56. The number of piperidine rings is 1. The lowest BCUT2D eigenvalue weighted by atomic mass is 9.83. The Balaban J connectivity index is 1.65. The van der Waals surface area contributed by atoms with Crippen molar-refractivity contribution in [2.24, 2.45) is 11.8 Å². The van der Waals surface area contributed by atoms with Crippen molar-refractivity contribution in [2.75, 3.05) is 20.2 Å². The molecule has 2 fully saturated rings. The van der Waals surface area contributed by atoms with E-state index in [9.17, 15) is 4.79 Å². The van der Waals surface area contributed by atoms with E-state index in [-0.39, 0.29) is 11.4 Å². The minimum absolute atomic E-state index is 0.183. The number of carbonyl (C=O) groups is 1. The first-order valence-corrected chi connectivity index (χ1v) is 9.79.